The number of aromatic amines is 1. The van der Waals surface area contributed by atoms with Crippen molar-refractivity contribution in [3.8, 4) is 11.1 Å². The Balaban J connectivity index is 2.33. The van der Waals surface area contributed by atoms with E-state index in [-0.39, 0.29) is 0 Å². The quantitative estimate of drug-likeness (QED) is 0.657. The Hall–Kier alpha value is -1.68. The molecule has 0 unspecified atom stereocenters. The maximum absolute atomic E-state index is 4.15. The van der Waals surface area contributed by atoms with E-state index < -0.39 is 0 Å². The van der Waals surface area contributed by atoms with Crippen molar-refractivity contribution in [1.82, 2.24) is 15.0 Å². The van der Waals surface area contributed by atoms with Crippen LogP contribution in [0.25, 0.3) is 22.2 Å². The number of aromatic nitrogens is 3. The van der Waals surface area contributed by atoms with Crippen LogP contribution in [0.1, 0.15) is 0 Å². The number of thiophene rings is 1. The summed E-state index contributed by atoms with van der Waals surface area (Å²) in [5.41, 5.74) is 3.28. The zero-order chi connectivity index (χ0) is 9.38. The average Bonchev–Trinajstić information content (AvgIpc) is 2.85. The van der Waals surface area contributed by atoms with Gasteiger partial charge in [0.05, 0.1) is 0 Å². The van der Waals surface area contributed by atoms with Crippen molar-refractivity contribution < 1.29 is 0 Å². The summed E-state index contributed by atoms with van der Waals surface area (Å²) in [5.74, 6) is 0. The minimum absolute atomic E-state index is 0.890. The van der Waals surface area contributed by atoms with E-state index >= 15 is 0 Å². The fraction of sp³-hybridized carbons (Fsp3) is 0. The van der Waals surface area contributed by atoms with E-state index in [4.69, 9.17) is 0 Å². The molecule has 0 aliphatic carbocycles. The van der Waals surface area contributed by atoms with Crippen LogP contribution in [0.4, 0.5) is 0 Å². The van der Waals surface area contributed by atoms with Gasteiger partial charge in [-0.3, -0.25) is 0 Å². The van der Waals surface area contributed by atoms with E-state index in [0.29, 0.717) is 0 Å². The maximum Gasteiger partial charge on any atom is 0.141 e. The molecule has 14 heavy (non-hydrogen) atoms. The molecule has 3 heterocycles. The minimum Gasteiger partial charge on any atom is -0.345 e. The molecule has 0 radical (unpaired) electrons. The molecule has 0 spiro atoms. The molecular weight excluding hydrogens is 194 g/mol. The number of H-pyrrole nitrogens is 1. The predicted molar refractivity (Wildman–Crippen MR) is 57.2 cm³/mol. The van der Waals surface area contributed by atoms with Crippen molar-refractivity contribution in [2.45, 2.75) is 0 Å². The molecule has 0 fully saturated rings. The van der Waals surface area contributed by atoms with Crippen LogP contribution in [0, 0.1) is 0 Å². The van der Waals surface area contributed by atoms with Gasteiger partial charge in [0.15, 0.2) is 0 Å². The van der Waals surface area contributed by atoms with Crippen molar-refractivity contribution in [3.63, 3.8) is 0 Å². The highest BCUT2D eigenvalue weighted by Crippen LogP contribution is 2.28. The molecule has 0 aliphatic rings. The molecule has 0 atom stereocenters. The largest absolute Gasteiger partial charge is 0.345 e. The summed E-state index contributed by atoms with van der Waals surface area (Å²) in [5, 5.41) is 5.26. The van der Waals surface area contributed by atoms with Gasteiger partial charge in [-0.15, -0.1) is 0 Å². The van der Waals surface area contributed by atoms with Crippen LogP contribution in [0.2, 0.25) is 0 Å². The summed E-state index contributed by atoms with van der Waals surface area (Å²) >= 11 is 1.69. The first-order chi connectivity index (χ1) is 6.95. The topological polar surface area (TPSA) is 41.6 Å². The molecular formula is C10H7N3S. The van der Waals surface area contributed by atoms with Gasteiger partial charge in [0.25, 0.3) is 0 Å². The van der Waals surface area contributed by atoms with Crippen LogP contribution in [-0.4, -0.2) is 15.0 Å². The van der Waals surface area contributed by atoms with Crippen LogP contribution < -0.4 is 0 Å². The highest BCUT2D eigenvalue weighted by atomic mass is 32.1. The molecule has 0 saturated heterocycles. The summed E-state index contributed by atoms with van der Waals surface area (Å²) in [6.07, 6.45) is 5.36. The van der Waals surface area contributed by atoms with E-state index in [0.717, 1.165) is 11.0 Å². The van der Waals surface area contributed by atoms with E-state index in [9.17, 15) is 0 Å². The smallest absolute Gasteiger partial charge is 0.141 e. The van der Waals surface area contributed by atoms with Gasteiger partial charge in [0, 0.05) is 23.3 Å². The maximum atomic E-state index is 4.15. The Morgan fingerprint density at radius 3 is 3.21 bits per heavy atom. The first-order valence-electron chi connectivity index (χ1n) is 4.25. The number of fused-ring (bicyclic) bond motifs is 1. The zero-order valence-corrected chi connectivity index (χ0v) is 8.08. The molecule has 3 aromatic heterocycles. The van der Waals surface area contributed by atoms with Crippen LogP contribution in [-0.2, 0) is 0 Å². The molecule has 0 saturated carbocycles. The van der Waals surface area contributed by atoms with Gasteiger partial charge in [-0.25, -0.2) is 9.97 Å². The van der Waals surface area contributed by atoms with Gasteiger partial charge in [-0.2, -0.15) is 11.3 Å². The molecule has 0 aliphatic heterocycles. The standard InChI is InChI=1S/C10H7N3S/c1-2-14-5-7(1)8-4-12-10-9(8)3-11-6-13-10/h1-6H,(H,11,12,13). The summed E-state index contributed by atoms with van der Waals surface area (Å²) in [6.45, 7) is 0. The zero-order valence-electron chi connectivity index (χ0n) is 7.27. The summed E-state index contributed by atoms with van der Waals surface area (Å²) in [7, 11) is 0. The fourth-order valence-electron chi connectivity index (χ4n) is 1.52. The second kappa shape index (κ2) is 2.92. The van der Waals surface area contributed by atoms with Crippen molar-refractivity contribution in [1.29, 1.82) is 0 Å². The fourth-order valence-corrected chi connectivity index (χ4v) is 2.17. The highest BCUT2D eigenvalue weighted by Gasteiger charge is 2.06. The molecule has 0 bridgehead atoms. The first kappa shape index (κ1) is 7.70. The lowest BCUT2D eigenvalue weighted by molar-refractivity contribution is 1.20. The third kappa shape index (κ3) is 1.04. The molecule has 3 nitrogen and oxygen atoms in total. The Morgan fingerprint density at radius 2 is 2.36 bits per heavy atom. The van der Waals surface area contributed by atoms with Gasteiger partial charge in [-0.1, -0.05) is 0 Å². The van der Waals surface area contributed by atoms with Crippen molar-refractivity contribution in [2.24, 2.45) is 0 Å². The number of hydrogen-bond donors (Lipinski definition) is 1. The van der Waals surface area contributed by atoms with Gasteiger partial charge in [0.2, 0.25) is 0 Å². The van der Waals surface area contributed by atoms with Crippen LogP contribution in [0.3, 0.4) is 0 Å². The third-order valence-electron chi connectivity index (χ3n) is 2.19. The third-order valence-corrected chi connectivity index (χ3v) is 2.87. The summed E-state index contributed by atoms with van der Waals surface area (Å²) < 4.78 is 0. The summed E-state index contributed by atoms with van der Waals surface area (Å²) in [4.78, 5) is 11.3. The molecule has 1 N–H and O–H groups in total. The van der Waals surface area contributed by atoms with E-state index in [1.54, 1.807) is 17.7 Å². The van der Waals surface area contributed by atoms with Crippen LogP contribution in [0.15, 0.2) is 35.5 Å². The van der Waals surface area contributed by atoms with Gasteiger partial charge < -0.3 is 4.98 Å². The van der Waals surface area contributed by atoms with Crippen LogP contribution >= 0.6 is 11.3 Å². The van der Waals surface area contributed by atoms with Crippen molar-refractivity contribution >= 4 is 22.4 Å². The minimum atomic E-state index is 0.890. The van der Waals surface area contributed by atoms with E-state index in [2.05, 4.69) is 31.8 Å². The molecule has 4 heteroatoms. The first-order valence-corrected chi connectivity index (χ1v) is 5.19. The lowest BCUT2D eigenvalue weighted by Gasteiger charge is -1.92. The SMILES string of the molecule is c1ncc2c(-c3ccsc3)c[nH]c2n1. The highest BCUT2D eigenvalue weighted by molar-refractivity contribution is 7.08. The Morgan fingerprint density at radius 1 is 1.36 bits per heavy atom. The number of nitrogens with one attached hydrogen (secondary N) is 1. The molecule has 0 aromatic carbocycles. The monoisotopic (exact) mass is 201 g/mol. The normalized spacial score (nSPS) is 10.9. The Labute approximate surface area is 84.5 Å². The average molecular weight is 201 g/mol. The number of nitrogens with zero attached hydrogens (tertiary/aromatic N) is 2. The second-order valence-corrected chi connectivity index (χ2v) is 3.78. The van der Waals surface area contributed by atoms with E-state index in [1.165, 1.54) is 11.1 Å². The number of hydrogen-bond acceptors (Lipinski definition) is 3. The second-order valence-electron chi connectivity index (χ2n) is 3.00. The van der Waals surface area contributed by atoms with Gasteiger partial charge in [-0.05, 0) is 22.4 Å². The van der Waals surface area contributed by atoms with Gasteiger partial charge >= 0.3 is 0 Å². The van der Waals surface area contributed by atoms with Crippen LogP contribution in [0.5, 0.6) is 0 Å². The lowest BCUT2D eigenvalue weighted by Crippen LogP contribution is -1.77. The molecule has 0 amide bonds. The Kier molecular flexibility index (Phi) is 1.61. The molecule has 3 rings (SSSR count). The Bertz CT molecular complexity index is 554. The predicted octanol–water partition coefficient (Wildman–Crippen LogP) is 2.69. The van der Waals surface area contributed by atoms with Gasteiger partial charge in [0.1, 0.15) is 12.0 Å². The van der Waals surface area contributed by atoms with E-state index in [1.807, 2.05) is 12.4 Å². The molecule has 68 valence electrons. The van der Waals surface area contributed by atoms with Crippen molar-refractivity contribution in [3.05, 3.63) is 35.5 Å². The number of rotatable bonds is 1. The molecule has 3 aromatic rings. The lowest BCUT2D eigenvalue weighted by atomic mass is 10.1. The van der Waals surface area contributed by atoms with Crippen molar-refractivity contribution in [2.75, 3.05) is 0 Å². The summed E-state index contributed by atoms with van der Waals surface area (Å²) in [6, 6.07) is 2.10.